The molecule has 2 heteroatoms. The molecule has 3 aromatic rings. The average Bonchev–Trinajstić information content (AvgIpc) is 3.10. The Morgan fingerprint density at radius 2 is 0.667 bits per heavy atom. The highest BCUT2D eigenvalue weighted by Gasteiger charge is 2.09. The number of aryl methyl sites for hydroxylation is 2. The molecule has 0 amide bonds. The lowest BCUT2D eigenvalue weighted by Crippen LogP contribution is -1.99. The van der Waals surface area contributed by atoms with E-state index in [1.807, 2.05) is 0 Å². The molecule has 258 valence electrons. The van der Waals surface area contributed by atoms with Gasteiger partial charge in [0, 0.05) is 31.2 Å². The van der Waals surface area contributed by atoms with Crippen molar-refractivity contribution in [2.24, 2.45) is 0 Å². The molecule has 3 aromatic carbocycles. The molecule has 0 heterocycles. The molecular weight excluding hydrogens is 712 g/mol. The maximum atomic E-state index is 3.60. The zero-order valence-corrected chi connectivity index (χ0v) is 33.3. The van der Waals surface area contributed by atoms with E-state index >= 15 is 0 Å². The molecule has 0 N–H and O–H groups in total. The van der Waals surface area contributed by atoms with Crippen molar-refractivity contribution >= 4 is 31.9 Å². The Kier molecular flexibility index (Phi) is 21.5. The van der Waals surface area contributed by atoms with Gasteiger partial charge in [-0.3, -0.25) is 0 Å². The van der Waals surface area contributed by atoms with E-state index in [9.17, 15) is 0 Å². The van der Waals surface area contributed by atoms with Crippen LogP contribution in [0.1, 0.15) is 176 Å². The second-order valence-corrected chi connectivity index (χ2v) is 15.4. The van der Waals surface area contributed by atoms with Crippen LogP contribution >= 0.6 is 31.9 Å². The molecule has 48 heavy (non-hydrogen) atoms. The van der Waals surface area contributed by atoms with Crippen molar-refractivity contribution < 1.29 is 0 Å². The molecule has 0 aromatic heterocycles. The molecule has 3 rings (SSSR count). The molecule has 0 saturated carbocycles. The summed E-state index contributed by atoms with van der Waals surface area (Å²) >= 11 is 7.13. The van der Waals surface area contributed by atoms with Gasteiger partial charge in [0.15, 0.2) is 0 Å². The molecule has 0 nitrogen and oxygen atoms in total. The molecule has 0 unspecified atom stereocenters. The van der Waals surface area contributed by atoms with Crippen LogP contribution in [-0.2, 0) is 12.8 Å². The standard InChI is InChI=1S/C46H60Br2/c1-3-5-7-9-11-13-15-17-19-21-23-41-37-44(32-26-40-29-35-46(48)36-30-40)42(24-22-20-18-16-14-12-10-8-6-4-2)38-43(41)31-25-39-27-33-45(47)34-28-39/h27-30,33-38H,3-24H2,1-2H3. The second kappa shape index (κ2) is 25.7. The largest absolute Gasteiger partial charge is 0.0654 e. The van der Waals surface area contributed by atoms with Crippen LogP contribution < -0.4 is 0 Å². The van der Waals surface area contributed by atoms with Gasteiger partial charge in [-0.1, -0.05) is 185 Å². The van der Waals surface area contributed by atoms with Gasteiger partial charge >= 0.3 is 0 Å². The third-order valence-electron chi connectivity index (χ3n) is 9.30. The third-order valence-corrected chi connectivity index (χ3v) is 10.4. The number of benzene rings is 3. The molecule has 0 radical (unpaired) electrons. The number of hydrogen-bond acceptors (Lipinski definition) is 0. The van der Waals surface area contributed by atoms with Crippen LogP contribution in [0.15, 0.2) is 69.6 Å². The topological polar surface area (TPSA) is 0 Å². The summed E-state index contributed by atoms with van der Waals surface area (Å²) in [5.74, 6) is 14.2. The quantitative estimate of drug-likeness (QED) is 0.0705. The Bertz CT molecular complexity index is 1300. The lowest BCUT2D eigenvalue weighted by molar-refractivity contribution is 0.555. The van der Waals surface area contributed by atoms with Crippen molar-refractivity contribution in [2.45, 2.75) is 155 Å². The van der Waals surface area contributed by atoms with Crippen molar-refractivity contribution in [3.63, 3.8) is 0 Å². The maximum Gasteiger partial charge on any atom is 0.0284 e. The Hall–Kier alpha value is -2.26. The maximum absolute atomic E-state index is 3.60. The van der Waals surface area contributed by atoms with Crippen LogP contribution in [0.2, 0.25) is 0 Å². The highest BCUT2D eigenvalue weighted by atomic mass is 79.9. The summed E-state index contributed by atoms with van der Waals surface area (Å²) < 4.78 is 2.17. The van der Waals surface area contributed by atoms with Crippen LogP contribution in [0.5, 0.6) is 0 Å². The van der Waals surface area contributed by atoms with Gasteiger partial charge in [0.25, 0.3) is 0 Å². The van der Waals surface area contributed by atoms with E-state index in [2.05, 4.69) is 130 Å². The molecule has 0 aliphatic rings. The summed E-state index contributed by atoms with van der Waals surface area (Å²) in [6, 6.07) is 21.5. The summed E-state index contributed by atoms with van der Waals surface area (Å²) in [4.78, 5) is 0. The molecule has 0 spiro atoms. The van der Waals surface area contributed by atoms with Gasteiger partial charge in [0.2, 0.25) is 0 Å². The van der Waals surface area contributed by atoms with Crippen molar-refractivity contribution in [1.82, 2.24) is 0 Å². The van der Waals surface area contributed by atoms with Crippen LogP contribution in [0, 0.1) is 23.7 Å². The smallest absolute Gasteiger partial charge is 0.0284 e. The van der Waals surface area contributed by atoms with E-state index in [-0.39, 0.29) is 0 Å². The Labute approximate surface area is 311 Å². The van der Waals surface area contributed by atoms with Gasteiger partial charge < -0.3 is 0 Å². The highest BCUT2D eigenvalue weighted by molar-refractivity contribution is 9.10. The third kappa shape index (κ3) is 17.4. The Balaban J connectivity index is 1.73. The fourth-order valence-corrected chi connectivity index (χ4v) is 6.82. The van der Waals surface area contributed by atoms with Gasteiger partial charge in [0.05, 0.1) is 0 Å². The first-order valence-electron chi connectivity index (χ1n) is 19.3. The number of rotatable bonds is 22. The normalized spacial score (nSPS) is 10.8. The minimum absolute atomic E-state index is 1.05. The molecule has 0 atom stereocenters. The van der Waals surface area contributed by atoms with Crippen LogP contribution in [-0.4, -0.2) is 0 Å². The van der Waals surface area contributed by atoms with Crippen molar-refractivity contribution in [2.75, 3.05) is 0 Å². The first-order valence-corrected chi connectivity index (χ1v) is 20.9. The van der Waals surface area contributed by atoms with Crippen LogP contribution in [0.25, 0.3) is 0 Å². The highest BCUT2D eigenvalue weighted by Crippen LogP contribution is 2.23. The second-order valence-electron chi connectivity index (χ2n) is 13.5. The van der Waals surface area contributed by atoms with Crippen molar-refractivity contribution in [3.05, 3.63) is 103 Å². The summed E-state index contributed by atoms with van der Waals surface area (Å²) in [5, 5.41) is 0. The van der Waals surface area contributed by atoms with E-state index in [4.69, 9.17) is 0 Å². The molecule has 0 aliphatic heterocycles. The zero-order valence-electron chi connectivity index (χ0n) is 30.1. The van der Waals surface area contributed by atoms with Gasteiger partial charge in [-0.2, -0.15) is 0 Å². The number of hydrogen-bond donors (Lipinski definition) is 0. The average molecular weight is 773 g/mol. The zero-order chi connectivity index (χ0) is 34.1. The molecule has 0 bridgehead atoms. The summed E-state index contributed by atoms with van der Waals surface area (Å²) in [6.45, 7) is 4.59. The lowest BCUT2D eigenvalue weighted by atomic mass is 9.92. The predicted octanol–water partition coefficient (Wildman–Crippen LogP) is 14.9. The van der Waals surface area contributed by atoms with E-state index < -0.39 is 0 Å². The van der Waals surface area contributed by atoms with Crippen molar-refractivity contribution in [1.29, 1.82) is 0 Å². The van der Waals surface area contributed by atoms with E-state index in [0.29, 0.717) is 0 Å². The Morgan fingerprint density at radius 3 is 0.979 bits per heavy atom. The Morgan fingerprint density at radius 1 is 0.375 bits per heavy atom. The first kappa shape index (κ1) is 40.2. The van der Waals surface area contributed by atoms with E-state index in [1.54, 1.807) is 0 Å². The van der Waals surface area contributed by atoms with E-state index in [0.717, 1.165) is 32.9 Å². The van der Waals surface area contributed by atoms with Gasteiger partial charge in [-0.15, -0.1) is 0 Å². The van der Waals surface area contributed by atoms with Gasteiger partial charge in [-0.05, 0) is 97.5 Å². The summed E-state index contributed by atoms with van der Waals surface area (Å²) in [7, 11) is 0. The lowest BCUT2D eigenvalue weighted by Gasteiger charge is -2.12. The molecule has 0 saturated heterocycles. The SMILES string of the molecule is CCCCCCCCCCCCc1cc(C#Cc2ccc(Br)cc2)c(CCCCCCCCCCCC)cc1C#Cc1ccc(Br)cc1. The minimum atomic E-state index is 1.05. The predicted molar refractivity (Wildman–Crippen MR) is 218 cm³/mol. The monoisotopic (exact) mass is 770 g/mol. The molecule has 0 aliphatic carbocycles. The fourth-order valence-electron chi connectivity index (χ4n) is 6.29. The first-order chi connectivity index (χ1) is 23.6. The summed E-state index contributed by atoms with van der Waals surface area (Å²) in [5.41, 5.74) is 7.18. The molecular formula is C46H60Br2. The minimum Gasteiger partial charge on any atom is -0.0654 e. The summed E-state index contributed by atoms with van der Waals surface area (Å²) in [6.07, 6.45) is 29.1. The van der Waals surface area contributed by atoms with Crippen molar-refractivity contribution in [3.8, 4) is 23.7 Å². The van der Waals surface area contributed by atoms with Gasteiger partial charge in [-0.25, -0.2) is 0 Å². The van der Waals surface area contributed by atoms with Crippen LogP contribution in [0.4, 0.5) is 0 Å². The van der Waals surface area contributed by atoms with Crippen LogP contribution in [0.3, 0.4) is 0 Å². The number of halogens is 2. The number of unbranched alkanes of at least 4 members (excludes halogenated alkanes) is 18. The van der Waals surface area contributed by atoms with Gasteiger partial charge in [0.1, 0.15) is 0 Å². The fraction of sp³-hybridized carbons (Fsp3) is 0.522. The molecule has 0 fully saturated rings. The van der Waals surface area contributed by atoms with E-state index in [1.165, 1.54) is 151 Å².